The number of fused-ring (bicyclic) bond motifs is 1. The molecule has 3 nitrogen and oxygen atoms in total. The Morgan fingerprint density at radius 1 is 1.50 bits per heavy atom. The fourth-order valence-electron chi connectivity index (χ4n) is 1.29. The lowest BCUT2D eigenvalue weighted by atomic mass is 10.3. The molecule has 0 bridgehead atoms. The molecule has 0 saturated heterocycles. The van der Waals surface area contributed by atoms with Gasteiger partial charge < -0.3 is 5.32 Å². The van der Waals surface area contributed by atoms with Crippen molar-refractivity contribution in [2.24, 2.45) is 0 Å². The molecule has 2 aromatic heterocycles. The van der Waals surface area contributed by atoms with Gasteiger partial charge in [0.25, 0.3) is 0 Å². The van der Waals surface area contributed by atoms with E-state index in [0.29, 0.717) is 0 Å². The molecule has 0 fully saturated rings. The van der Waals surface area contributed by atoms with Crippen molar-refractivity contribution in [1.29, 1.82) is 0 Å². The highest BCUT2D eigenvalue weighted by molar-refractivity contribution is 7.13. The van der Waals surface area contributed by atoms with Crippen molar-refractivity contribution in [2.45, 2.75) is 19.8 Å². The number of hydrogen-bond acceptors (Lipinski definition) is 4. The molecule has 0 unspecified atom stereocenters. The number of hydrogen-bond donors (Lipinski definition) is 1. The third kappa shape index (κ3) is 1.85. The number of nitrogens with zero attached hydrogens (tertiary/aromatic N) is 2. The van der Waals surface area contributed by atoms with E-state index in [1.165, 1.54) is 24.4 Å². The average Bonchev–Trinajstić information content (AvgIpc) is 2.63. The molecule has 0 aliphatic rings. The summed E-state index contributed by atoms with van der Waals surface area (Å²) < 4.78 is 4.34. The number of unbranched alkanes of at least 4 members (excludes halogenated alkanes) is 1. The summed E-state index contributed by atoms with van der Waals surface area (Å²) in [5.41, 5.74) is 0. The summed E-state index contributed by atoms with van der Waals surface area (Å²) in [7, 11) is 0. The highest BCUT2D eigenvalue weighted by atomic mass is 32.1. The quantitative estimate of drug-likeness (QED) is 0.783. The van der Waals surface area contributed by atoms with E-state index in [1.54, 1.807) is 6.20 Å². The van der Waals surface area contributed by atoms with Crippen molar-refractivity contribution in [3.8, 4) is 0 Å². The van der Waals surface area contributed by atoms with Crippen LogP contribution in [0.4, 0.5) is 5.82 Å². The normalized spacial score (nSPS) is 10.6. The highest BCUT2D eigenvalue weighted by Gasteiger charge is 2.04. The van der Waals surface area contributed by atoms with Gasteiger partial charge in [-0.05, 0) is 30.1 Å². The standard InChI is InChI=1S/C10H13N3S/c1-2-3-6-11-9-8-5-4-7-12-10(8)14-13-9/h4-5,7H,2-3,6H2,1H3,(H,11,13). The smallest absolute Gasteiger partial charge is 0.149 e. The van der Waals surface area contributed by atoms with Crippen molar-refractivity contribution < 1.29 is 0 Å². The van der Waals surface area contributed by atoms with Crippen molar-refractivity contribution in [3.05, 3.63) is 18.3 Å². The maximum Gasteiger partial charge on any atom is 0.149 e. The molecule has 0 aliphatic carbocycles. The van der Waals surface area contributed by atoms with Gasteiger partial charge in [0.15, 0.2) is 0 Å². The Balaban J connectivity index is 2.17. The van der Waals surface area contributed by atoms with Crippen LogP contribution < -0.4 is 5.32 Å². The Kier molecular flexibility index (Phi) is 2.93. The summed E-state index contributed by atoms with van der Waals surface area (Å²) in [4.78, 5) is 5.25. The van der Waals surface area contributed by atoms with Gasteiger partial charge in [0, 0.05) is 12.7 Å². The third-order valence-corrected chi connectivity index (χ3v) is 2.84. The van der Waals surface area contributed by atoms with Crippen LogP contribution in [-0.4, -0.2) is 15.9 Å². The second-order valence-corrected chi connectivity index (χ2v) is 3.92. The molecule has 0 aromatic carbocycles. The molecular formula is C10H13N3S. The van der Waals surface area contributed by atoms with Crippen LogP contribution in [-0.2, 0) is 0 Å². The van der Waals surface area contributed by atoms with Crippen molar-refractivity contribution >= 4 is 27.6 Å². The lowest BCUT2D eigenvalue weighted by Gasteiger charge is -2.00. The molecule has 2 aromatic rings. The zero-order valence-electron chi connectivity index (χ0n) is 8.16. The van der Waals surface area contributed by atoms with Crippen LogP contribution in [0.15, 0.2) is 18.3 Å². The second-order valence-electron chi connectivity index (χ2n) is 3.17. The lowest BCUT2D eigenvalue weighted by molar-refractivity contribution is 0.833. The predicted molar refractivity (Wildman–Crippen MR) is 60.8 cm³/mol. The van der Waals surface area contributed by atoms with Crippen LogP contribution in [0, 0.1) is 0 Å². The van der Waals surface area contributed by atoms with E-state index >= 15 is 0 Å². The maximum absolute atomic E-state index is 4.34. The Morgan fingerprint density at radius 3 is 3.29 bits per heavy atom. The van der Waals surface area contributed by atoms with E-state index in [9.17, 15) is 0 Å². The number of rotatable bonds is 4. The molecule has 74 valence electrons. The molecule has 0 aliphatic heterocycles. The van der Waals surface area contributed by atoms with Gasteiger partial charge in [0.1, 0.15) is 10.6 Å². The fraction of sp³-hybridized carbons (Fsp3) is 0.400. The fourth-order valence-corrected chi connectivity index (χ4v) is 2.00. The van der Waals surface area contributed by atoms with Gasteiger partial charge in [-0.3, -0.25) is 0 Å². The Morgan fingerprint density at radius 2 is 2.43 bits per heavy atom. The van der Waals surface area contributed by atoms with Crippen LogP contribution in [0.2, 0.25) is 0 Å². The van der Waals surface area contributed by atoms with Crippen LogP contribution in [0.1, 0.15) is 19.8 Å². The summed E-state index contributed by atoms with van der Waals surface area (Å²) in [6.07, 6.45) is 4.18. The topological polar surface area (TPSA) is 37.8 Å². The minimum absolute atomic E-state index is 0.978. The zero-order valence-corrected chi connectivity index (χ0v) is 8.97. The van der Waals surface area contributed by atoms with Crippen LogP contribution in [0.3, 0.4) is 0 Å². The molecule has 0 saturated carbocycles. The van der Waals surface area contributed by atoms with Crippen LogP contribution in [0.5, 0.6) is 0 Å². The molecular weight excluding hydrogens is 194 g/mol. The van der Waals surface area contributed by atoms with Gasteiger partial charge in [-0.1, -0.05) is 13.3 Å². The van der Waals surface area contributed by atoms with Crippen molar-refractivity contribution in [1.82, 2.24) is 9.36 Å². The Bertz CT molecular complexity index is 410. The molecule has 0 radical (unpaired) electrons. The van der Waals surface area contributed by atoms with Gasteiger partial charge in [0.05, 0.1) is 5.39 Å². The molecule has 0 atom stereocenters. The summed E-state index contributed by atoms with van der Waals surface area (Å²) in [5, 5.41) is 4.46. The predicted octanol–water partition coefficient (Wildman–Crippen LogP) is 2.90. The number of aromatic nitrogens is 2. The van der Waals surface area contributed by atoms with E-state index in [4.69, 9.17) is 0 Å². The first-order chi connectivity index (χ1) is 6.92. The van der Waals surface area contributed by atoms with Crippen LogP contribution >= 0.6 is 11.5 Å². The Hall–Kier alpha value is -1.16. The van der Waals surface area contributed by atoms with Crippen LogP contribution in [0.25, 0.3) is 10.2 Å². The van der Waals surface area contributed by atoms with E-state index < -0.39 is 0 Å². The molecule has 2 rings (SSSR count). The Labute approximate surface area is 87.3 Å². The molecule has 14 heavy (non-hydrogen) atoms. The molecule has 1 N–H and O–H groups in total. The largest absolute Gasteiger partial charge is 0.369 e. The summed E-state index contributed by atoms with van der Waals surface area (Å²) in [5.74, 6) is 0.978. The maximum atomic E-state index is 4.34. The summed E-state index contributed by atoms with van der Waals surface area (Å²) >= 11 is 1.45. The minimum atomic E-state index is 0.978. The van der Waals surface area contributed by atoms with Gasteiger partial charge in [-0.2, -0.15) is 4.37 Å². The lowest BCUT2D eigenvalue weighted by Crippen LogP contribution is -2.00. The molecule has 0 amide bonds. The highest BCUT2D eigenvalue weighted by Crippen LogP contribution is 2.23. The first-order valence-corrected chi connectivity index (χ1v) is 5.63. The average molecular weight is 207 g/mol. The minimum Gasteiger partial charge on any atom is -0.369 e. The van der Waals surface area contributed by atoms with Crippen molar-refractivity contribution in [3.63, 3.8) is 0 Å². The summed E-state index contributed by atoms with van der Waals surface area (Å²) in [6.45, 7) is 3.17. The molecule has 4 heteroatoms. The number of pyridine rings is 1. The second kappa shape index (κ2) is 4.37. The van der Waals surface area contributed by atoms with E-state index in [-0.39, 0.29) is 0 Å². The molecule has 2 heterocycles. The first kappa shape index (κ1) is 9.40. The van der Waals surface area contributed by atoms with E-state index in [0.717, 1.165) is 22.6 Å². The van der Waals surface area contributed by atoms with Gasteiger partial charge in [-0.25, -0.2) is 4.98 Å². The first-order valence-electron chi connectivity index (χ1n) is 4.86. The SMILES string of the molecule is CCCCNc1nsc2ncccc12. The van der Waals surface area contributed by atoms with E-state index in [2.05, 4.69) is 27.7 Å². The zero-order chi connectivity index (χ0) is 9.80. The monoisotopic (exact) mass is 207 g/mol. The number of nitrogens with one attached hydrogen (secondary N) is 1. The van der Waals surface area contributed by atoms with Gasteiger partial charge >= 0.3 is 0 Å². The van der Waals surface area contributed by atoms with Gasteiger partial charge in [-0.15, -0.1) is 0 Å². The van der Waals surface area contributed by atoms with Crippen molar-refractivity contribution in [2.75, 3.05) is 11.9 Å². The summed E-state index contributed by atoms with van der Waals surface area (Å²) in [6, 6.07) is 4.00. The van der Waals surface area contributed by atoms with E-state index in [1.807, 2.05) is 6.07 Å². The van der Waals surface area contributed by atoms with Gasteiger partial charge in [0.2, 0.25) is 0 Å². The number of anilines is 1. The third-order valence-electron chi connectivity index (χ3n) is 2.07. The molecule has 0 spiro atoms.